The number of aromatic nitrogens is 5. The third-order valence-electron chi connectivity index (χ3n) is 6.72. The van der Waals surface area contributed by atoms with Gasteiger partial charge in [-0.25, -0.2) is 28.8 Å². The molecule has 0 atom stereocenters. The second-order valence-electron chi connectivity index (χ2n) is 11.1. The Bertz CT molecular complexity index is 1790. The first-order valence-electron chi connectivity index (χ1n) is 14.0. The van der Waals surface area contributed by atoms with Crippen LogP contribution in [0.5, 0.6) is 5.75 Å². The lowest BCUT2D eigenvalue weighted by Gasteiger charge is -2.21. The van der Waals surface area contributed by atoms with Gasteiger partial charge < -0.3 is 19.7 Å². The highest BCUT2D eigenvalue weighted by Gasteiger charge is 2.22. The van der Waals surface area contributed by atoms with E-state index in [0.717, 1.165) is 16.9 Å². The fourth-order valence-corrected chi connectivity index (χ4v) is 4.80. The van der Waals surface area contributed by atoms with E-state index in [-0.39, 0.29) is 10.6 Å². The second kappa shape index (κ2) is 12.8. The predicted octanol–water partition coefficient (Wildman–Crippen LogP) is 6.57. The number of nitrogens with one attached hydrogen (secondary N) is 1. The summed E-state index contributed by atoms with van der Waals surface area (Å²) in [7, 11) is 3.45. The zero-order chi connectivity index (χ0) is 31.4. The number of amides is 1. The summed E-state index contributed by atoms with van der Waals surface area (Å²) < 4.78 is 27.5. The van der Waals surface area contributed by atoms with Crippen LogP contribution >= 0.6 is 11.6 Å². The van der Waals surface area contributed by atoms with E-state index < -0.39 is 17.5 Å². The molecule has 0 saturated carbocycles. The van der Waals surface area contributed by atoms with E-state index in [1.807, 2.05) is 69.1 Å². The number of carbonyl (C=O) groups excluding carboxylic acids is 1. The zero-order valence-corrected chi connectivity index (χ0v) is 25.9. The van der Waals surface area contributed by atoms with Crippen molar-refractivity contribution in [3.63, 3.8) is 0 Å². The molecule has 3 aromatic heterocycles. The molecule has 0 saturated heterocycles. The van der Waals surface area contributed by atoms with Gasteiger partial charge >= 0.3 is 6.09 Å². The number of anilines is 2. The lowest BCUT2D eigenvalue weighted by Crippen LogP contribution is -2.33. The first kappa shape index (κ1) is 30.7. The number of alkyl carbamates (subject to hydrolysis) is 1. The van der Waals surface area contributed by atoms with Crippen molar-refractivity contribution in [1.29, 1.82) is 0 Å². The number of nitrogens with zero attached hydrogens (tertiary/aromatic N) is 6. The van der Waals surface area contributed by atoms with Crippen molar-refractivity contribution >= 4 is 40.5 Å². The summed E-state index contributed by atoms with van der Waals surface area (Å²) in [5.74, 6) is 1.31. The molecule has 12 heteroatoms. The van der Waals surface area contributed by atoms with Crippen molar-refractivity contribution < 1.29 is 18.7 Å². The molecule has 0 spiro atoms. The van der Waals surface area contributed by atoms with Gasteiger partial charge in [0.15, 0.2) is 17.3 Å². The predicted molar refractivity (Wildman–Crippen MR) is 168 cm³/mol. The van der Waals surface area contributed by atoms with E-state index in [2.05, 4.69) is 10.3 Å². The first-order valence-corrected chi connectivity index (χ1v) is 14.4. The van der Waals surface area contributed by atoms with Crippen LogP contribution in [0.4, 0.5) is 20.8 Å². The maximum Gasteiger partial charge on any atom is 0.407 e. The number of ether oxygens (including phenoxy) is 2. The molecule has 5 rings (SSSR count). The van der Waals surface area contributed by atoms with Gasteiger partial charge in [-0.1, -0.05) is 35.9 Å². The highest BCUT2D eigenvalue weighted by Crippen LogP contribution is 2.33. The van der Waals surface area contributed by atoms with E-state index in [1.165, 1.54) is 6.07 Å². The zero-order valence-electron chi connectivity index (χ0n) is 25.1. The number of rotatable bonds is 9. The summed E-state index contributed by atoms with van der Waals surface area (Å²) in [5, 5.41) is 7.53. The van der Waals surface area contributed by atoms with Crippen LogP contribution in [0.15, 0.2) is 67.0 Å². The van der Waals surface area contributed by atoms with Gasteiger partial charge in [-0.3, -0.25) is 0 Å². The lowest BCUT2D eigenvalue weighted by atomic mass is 10.1. The van der Waals surface area contributed by atoms with Gasteiger partial charge in [-0.2, -0.15) is 5.10 Å². The Kier molecular flexibility index (Phi) is 8.96. The number of methoxy groups -OCH3 is 1. The molecule has 228 valence electrons. The summed E-state index contributed by atoms with van der Waals surface area (Å²) in [6.07, 6.45) is 3.32. The molecule has 0 fully saturated rings. The van der Waals surface area contributed by atoms with Crippen molar-refractivity contribution in [2.75, 3.05) is 25.6 Å². The van der Waals surface area contributed by atoms with E-state index >= 15 is 4.39 Å². The van der Waals surface area contributed by atoms with Crippen LogP contribution < -0.4 is 15.0 Å². The average molecular weight is 618 g/mol. The molecule has 3 heterocycles. The van der Waals surface area contributed by atoms with Crippen LogP contribution in [0.1, 0.15) is 31.9 Å². The first-order chi connectivity index (χ1) is 21.0. The third-order valence-corrected chi connectivity index (χ3v) is 7.01. The highest BCUT2D eigenvalue weighted by atomic mass is 35.5. The van der Waals surface area contributed by atoms with Gasteiger partial charge in [0.25, 0.3) is 0 Å². The van der Waals surface area contributed by atoms with Crippen molar-refractivity contribution in [3.8, 4) is 17.0 Å². The third kappa shape index (κ3) is 6.89. The maximum atomic E-state index is 15.1. The van der Waals surface area contributed by atoms with Gasteiger partial charge in [0.2, 0.25) is 0 Å². The molecular weight excluding hydrogens is 585 g/mol. The Labute approximate surface area is 259 Å². The quantitative estimate of drug-likeness (QED) is 0.198. The number of fused-ring (bicyclic) bond motifs is 1. The van der Waals surface area contributed by atoms with Crippen molar-refractivity contribution in [2.24, 2.45) is 0 Å². The molecule has 2 aromatic carbocycles. The van der Waals surface area contributed by atoms with Crippen LogP contribution in [-0.2, 0) is 17.7 Å². The van der Waals surface area contributed by atoms with Crippen LogP contribution in [0, 0.1) is 5.82 Å². The molecule has 0 aliphatic carbocycles. The van der Waals surface area contributed by atoms with Crippen LogP contribution in [-0.4, -0.2) is 57.1 Å². The Balaban J connectivity index is 1.49. The van der Waals surface area contributed by atoms with Crippen molar-refractivity contribution in [3.05, 3.63) is 89.0 Å². The number of halogens is 2. The minimum atomic E-state index is -0.584. The fraction of sp³-hybridized carbons (Fsp3) is 0.281. The topological polar surface area (TPSA) is 107 Å². The molecule has 0 aliphatic heterocycles. The van der Waals surface area contributed by atoms with E-state index in [9.17, 15) is 4.79 Å². The van der Waals surface area contributed by atoms with Gasteiger partial charge in [-0.05, 0) is 68.7 Å². The Morgan fingerprint density at radius 2 is 1.86 bits per heavy atom. The Morgan fingerprint density at radius 3 is 2.59 bits per heavy atom. The standard InChI is InChI=1S/C32H33ClFN7O3/c1-32(2,3)44-31(42)36-17-15-21-8-7-16-35-29(21)40(4)25-18-37-28-27(23-9-6-10-24(33)26(23)34)39-41(30(28)38-25)19-20-11-13-22(43-5)14-12-20/h6-14,16,18H,15,17,19H2,1-5H3,(H,36,42). The van der Waals surface area contributed by atoms with Crippen molar-refractivity contribution in [1.82, 2.24) is 30.0 Å². The van der Waals surface area contributed by atoms with Gasteiger partial charge in [-0.15, -0.1) is 0 Å². The molecular formula is C32H33ClFN7O3. The molecule has 5 aromatic rings. The molecule has 0 bridgehead atoms. The lowest BCUT2D eigenvalue weighted by molar-refractivity contribution is 0.0528. The summed E-state index contributed by atoms with van der Waals surface area (Å²) >= 11 is 6.11. The molecule has 0 unspecified atom stereocenters. The van der Waals surface area contributed by atoms with Crippen LogP contribution in [0.25, 0.3) is 22.4 Å². The second-order valence-corrected chi connectivity index (χ2v) is 11.5. The molecule has 1 N–H and O–H groups in total. The largest absolute Gasteiger partial charge is 0.497 e. The Morgan fingerprint density at radius 1 is 1.09 bits per heavy atom. The smallest absolute Gasteiger partial charge is 0.407 e. The number of pyridine rings is 1. The van der Waals surface area contributed by atoms with Crippen molar-refractivity contribution in [2.45, 2.75) is 39.3 Å². The highest BCUT2D eigenvalue weighted by molar-refractivity contribution is 6.31. The van der Waals surface area contributed by atoms with Gasteiger partial charge in [0.1, 0.15) is 28.4 Å². The van der Waals surface area contributed by atoms with E-state index in [0.29, 0.717) is 48.0 Å². The molecule has 1 amide bonds. The number of benzene rings is 2. The monoisotopic (exact) mass is 617 g/mol. The summed E-state index contributed by atoms with van der Waals surface area (Å²) in [4.78, 5) is 28.2. The normalized spacial score (nSPS) is 11.4. The van der Waals surface area contributed by atoms with E-state index in [1.54, 1.807) is 36.3 Å². The molecule has 0 radical (unpaired) electrons. The average Bonchev–Trinajstić information content (AvgIpc) is 3.35. The van der Waals surface area contributed by atoms with Gasteiger partial charge in [0.05, 0.1) is 24.9 Å². The number of hydrogen-bond acceptors (Lipinski definition) is 8. The summed E-state index contributed by atoms with van der Waals surface area (Å²) in [6, 6.07) is 16.2. The number of carbonyl (C=O) groups is 1. The minimum Gasteiger partial charge on any atom is -0.497 e. The van der Waals surface area contributed by atoms with Crippen LogP contribution in [0.2, 0.25) is 5.02 Å². The maximum absolute atomic E-state index is 15.1. The van der Waals surface area contributed by atoms with Crippen LogP contribution in [0.3, 0.4) is 0 Å². The summed E-state index contributed by atoms with van der Waals surface area (Å²) in [5.41, 5.74) is 2.71. The van der Waals surface area contributed by atoms with E-state index in [4.69, 9.17) is 36.1 Å². The van der Waals surface area contributed by atoms with Gasteiger partial charge in [0, 0.05) is 25.4 Å². The SMILES string of the molecule is COc1ccc(Cn2nc(-c3cccc(Cl)c3F)c3ncc(N(C)c4ncccc4CCNC(=O)OC(C)(C)C)nc32)cc1. The number of hydrogen-bond donors (Lipinski definition) is 1. The molecule has 10 nitrogen and oxygen atoms in total. The molecule has 0 aliphatic rings. The summed E-state index contributed by atoms with van der Waals surface area (Å²) in [6.45, 7) is 6.16. The molecule has 44 heavy (non-hydrogen) atoms. The minimum absolute atomic E-state index is 0.00601. The fourth-order valence-electron chi connectivity index (χ4n) is 4.63. The Hall–Kier alpha value is -4.77.